The number of carbonyl (C=O) groups excluding carboxylic acids is 2. The van der Waals surface area contributed by atoms with E-state index in [1.165, 1.54) is 7.11 Å². The zero-order valence-electron chi connectivity index (χ0n) is 16.7. The van der Waals surface area contributed by atoms with E-state index in [-0.39, 0.29) is 17.9 Å². The van der Waals surface area contributed by atoms with E-state index >= 15 is 0 Å². The Morgan fingerprint density at radius 2 is 1.75 bits per heavy atom. The molecule has 0 aromatic heterocycles. The van der Waals surface area contributed by atoms with E-state index in [2.05, 4.69) is 10.1 Å². The molecule has 2 rings (SSSR count). The zero-order valence-corrected chi connectivity index (χ0v) is 16.7. The molecule has 2 aromatic carbocycles. The van der Waals surface area contributed by atoms with Gasteiger partial charge in [-0.2, -0.15) is 0 Å². The lowest BCUT2D eigenvalue weighted by Crippen LogP contribution is -2.43. The third-order valence-corrected chi connectivity index (χ3v) is 4.55. The molecule has 1 N–H and O–H groups in total. The Hall–Kier alpha value is -2.86. The van der Waals surface area contributed by atoms with Gasteiger partial charge in [0.25, 0.3) is 0 Å². The van der Waals surface area contributed by atoms with Crippen LogP contribution in [-0.4, -0.2) is 50.1 Å². The van der Waals surface area contributed by atoms with Gasteiger partial charge in [0.1, 0.15) is 5.75 Å². The largest absolute Gasteiger partial charge is 0.494 e. The maximum Gasteiger partial charge on any atom is 0.337 e. The fraction of sp³-hybridized carbons (Fsp3) is 0.364. The lowest BCUT2D eigenvalue weighted by Gasteiger charge is -2.23. The highest BCUT2D eigenvalue weighted by Gasteiger charge is 2.17. The highest BCUT2D eigenvalue weighted by Crippen LogP contribution is 2.09. The molecule has 28 heavy (non-hydrogen) atoms. The number of nitrogens with one attached hydrogen (secondary N) is 1. The van der Waals surface area contributed by atoms with Crippen molar-refractivity contribution in [3.63, 3.8) is 0 Å². The Morgan fingerprint density at radius 3 is 2.39 bits per heavy atom. The number of hydrogen-bond donors (Lipinski definition) is 1. The molecular weight excluding hydrogens is 356 g/mol. The molecule has 6 nitrogen and oxygen atoms in total. The molecule has 6 heteroatoms. The van der Waals surface area contributed by atoms with Crippen molar-refractivity contribution < 1.29 is 19.1 Å². The van der Waals surface area contributed by atoms with Crippen LogP contribution in [0.3, 0.4) is 0 Å². The van der Waals surface area contributed by atoms with Crippen LogP contribution in [-0.2, 0) is 16.1 Å². The van der Waals surface area contributed by atoms with Gasteiger partial charge in [0.15, 0.2) is 0 Å². The number of nitrogens with zero attached hydrogens (tertiary/aromatic N) is 1. The van der Waals surface area contributed by atoms with Crippen LogP contribution in [0.25, 0.3) is 0 Å². The minimum absolute atomic E-state index is 0.0384. The molecule has 0 bridgehead atoms. The van der Waals surface area contributed by atoms with Crippen LogP contribution in [0.5, 0.6) is 5.75 Å². The molecule has 1 unspecified atom stereocenters. The molecule has 0 saturated carbocycles. The van der Waals surface area contributed by atoms with Gasteiger partial charge in [0, 0.05) is 13.1 Å². The molecule has 1 atom stereocenters. The molecule has 2 aromatic rings. The van der Waals surface area contributed by atoms with Gasteiger partial charge in [-0.15, -0.1) is 0 Å². The van der Waals surface area contributed by atoms with Gasteiger partial charge in [-0.25, -0.2) is 4.79 Å². The Kier molecular flexibility index (Phi) is 8.49. The summed E-state index contributed by atoms with van der Waals surface area (Å²) in [6, 6.07) is 16.4. The number of hydrogen-bond acceptors (Lipinski definition) is 5. The second-order valence-corrected chi connectivity index (χ2v) is 6.58. The number of likely N-dealkylation sites (N-methyl/N-ethyl adjacent to an activating group) is 1. The van der Waals surface area contributed by atoms with Crippen molar-refractivity contribution in [3.05, 3.63) is 65.7 Å². The molecule has 150 valence electrons. The van der Waals surface area contributed by atoms with Gasteiger partial charge in [0.05, 0.1) is 25.3 Å². The van der Waals surface area contributed by atoms with E-state index in [9.17, 15) is 9.59 Å². The standard InChI is InChI=1S/C22H28N2O4/c1-17(24(2)14-7-15-28-20-8-5-4-6-9-20)21(25)23-16-18-10-12-19(13-11-18)22(26)27-3/h4-6,8-13,17H,7,14-16H2,1-3H3,(H,23,25). The third-order valence-electron chi connectivity index (χ3n) is 4.55. The number of amides is 1. The maximum absolute atomic E-state index is 12.4. The highest BCUT2D eigenvalue weighted by molar-refractivity contribution is 5.89. The second-order valence-electron chi connectivity index (χ2n) is 6.58. The first kappa shape index (κ1) is 21.4. The minimum atomic E-state index is -0.373. The first-order valence-corrected chi connectivity index (χ1v) is 9.34. The van der Waals surface area contributed by atoms with Crippen molar-refractivity contribution >= 4 is 11.9 Å². The molecule has 1 amide bonds. The zero-order chi connectivity index (χ0) is 20.4. The van der Waals surface area contributed by atoms with Crippen molar-refractivity contribution in [1.29, 1.82) is 0 Å². The number of para-hydroxylation sites is 1. The quantitative estimate of drug-likeness (QED) is 0.504. The molecule has 0 aliphatic rings. The van der Waals surface area contributed by atoms with Gasteiger partial charge in [-0.1, -0.05) is 30.3 Å². The monoisotopic (exact) mass is 384 g/mol. The fourth-order valence-electron chi connectivity index (χ4n) is 2.63. The summed E-state index contributed by atoms with van der Waals surface area (Å²) in [6.07, 6.45) is 0.831. The second kappa shape index (κ2) is 11.1. The first-order chi connectivity index (χ1) is 13.5. The van der Waals surface area contributed by atoms with Crippen molar-refractivity contribution in [2.24, 2.45) is 0 Å². The third kappa shape index (κ3) is 6.70. The lowest BCUT2D eigenvalue weighted by atomic mass is 10.1. The van der Waals surface area contributed by atoms with Crippen molar-refractivity contribution in [2.75, 3.05) is 27.3 Å². The predicted molar refractivity (Wildman–Crippen MR) is 108 cm³/mol. The smallest absolute Gasteiger partial charge is 0.337 e. The molecule has 0 aliphatic heterocycles. The summed E-state index contributed by atoms with van der Waals surface area (Å²) in [5.74, 6) is 0.444. The first-order valence-electron chi connectivity index (χ1n) is 9.34. The summed E-state index contributed by atoms with van der Waals surface area (Å²) < 4.78 is 10.4. The molecule has 0 saturated heterocycles. The number of benzene rings is 2. The average molecular weight is 384 g/mol. The molecule has 0 fully saturated rings. The minimum Gasteiger partial charge on any atom is -0.494 e. The van der Waals surface area contributed by atoms with Crippen molar-refractivity contribution in [1.82, 2.24) is 10.2 Å². The molecular formula is C22H28N2O4. The Balaban J connectivity index is 1.70. The Morgan fingerprint density at radius 1 is 1.07 bits per heavy atom. The fourth-order valence-corrected chi connectivity index (χ4v) is 2.63. The number of ether oxygens (including phenoxy) is 2. The van der Waals surface area contributed by atoms with Gasteiger partial charge in [0.2, 0.25) is 5.91 Å². The highest BCUT2D eigenvalue weighted by atomic mass is 16.5. The van der Waals surface area contributed by atoms with Crippen LogP contribution in [0.4, 0.5) is 0 Å². The normalized spacial score (nSPS) is 11.7. The Labute approximate surface area is 166 Å². The maximum atomic E-state index is 12.4. The van der Waals surface area contributed by atoms with Gasteiger partial charge in [-0.3, -0.25) is 9.69 Å². The van der Waals surface area contributed by atoms with E-state index < -0.39 is 0 Å². The summed E-state index contributed by atoms with van der Waals surface area (Å²) in [4.78, 5) is 25.8. The van der Waals surface area contributed by atoms with E-state index in [4.69, 9.17) is 4.74 Å². The summed E-state index contributed by atoms with van der Waals surface area (Å²) in [7, 11) is 3.28. The van der Waals surface area contributed by atoms with Gasteiger partial charge in [-0.05, 0) is 50.2 Å². The number of esters is 1. The summed E-state index contributed by atoms with van der Waals surface area (Å²) in [5.41, 5.74) is 1.41. The van der Waals surface area contributed by atoms with E-state index in [1.54, 1.807) is 12.1 Å². The van der Waals surface area contributed by atoms with E-state index in [0.717, 1.165) is 24.3 Å². The lowest BCUT2D eigenvalue weighted by molar-refractivity contribution is -0.125. The van der Waals surface area contributed by atoms with Crippen LogP contribution in [0.15, 0.2) is 54.6 Å². The summed E-state index contributed by atoms with van der Waals surface area (Å²) in [6.45, 7) is 3.66. The van der Waals surface area contributed by atoms with Crippen LogP contribution in [0, 0.1) is 0 Å². The molecule has 0 aliphatic carbocycles. The van der Waals surface area contributed by atoms with Gasteiger partial charge >= 0.3 is 5.97 Å². The van der Waals surface area contributed by atoms with Crippen LogP contribution in [0.1, 0.15) is 29.3 Å². The van der Waals surface area contributed by atoms with E-state index in [0.29, 0.717) is 18.7 Å². The number of methoxy groups -OCH3 is 1. The van der Waals surface area contributed by atoms with Crippen molar-refractivity contribution in [3.8, 4) is 5.75 Å². The SMILES string of the molecule is COC(=O)c1ccc(CNC(=O)C(C)N(C)CCCOc2ccccc2)cc1. The molecule has 0 spiro atoms. The molecule has 0 radical (unpaired) electrons. The number of rotatable bonds is 10. The summed E-state index contributed by atoms with van der Waals surface area (Å²) in [5, 5.41) is 2.93. The average Bonchev–Trinajstić information content (AvgIpc) is 2.74. The van der Waals surface area contributed by atoms with Gasteiger partial charge < -0.3 is 14.8 Å². The van der Waals surface area contributed by atoms with Crippen LogP contribution in [0.2, 0.25) is 0 Å². The molecule has 0 heterocycles. The van der Waals surface area contributed by atoms with E-state index in [1.807, 2.05) is 61.3 Å². The topological polar surface area (TPSA) is 67.9 Å². The van der Waals surface area contributed by atoms with Crippen LogP contribution < -0.4 is 10.1 Å². The number of carbonyl (C=O) groups is 2. The Bertz CT molecular complexity index is 747. The van der Waals surface area contributed by atoms with Crippen LogP contribution >= 0.6 is 0 Å². The van der Waals surface area contributed by atoms with Crippen molar-refractivity contribution in [2.45, 2.75) is 25.9 Å². The summed E-state index contributed by atoms with van der Waals surface area (Å²) >= 11 is 0. The predicted octanol–water partition coefficient (Wildman–Crippen LogP) is 2.88.